The van der Waals surface area contributed by atoms with E-state index in [1.165, 1.54) is 70.0 Å². The van der Waals surface area contributed by atoms with E-state index in [1.54, 1.807) is 0 Å². The molecule has 0 aromatic carbocycles. The molecule has 0 bridgehead atoms. The lowest BCUT2D eigenvalue weighted by Gasteiger charge is -2.06. The van der Waals surface area contributed by atoms with E-state index >= 15 is 0 Å². The summed E-state index contributed by atoms with van der Waals surface area (Å²) in [5, 5.41) is 17.9. The number of aliphatic hydroxyl groups is 2. The zero-order chi connectivity index (χ0) is 14.2. The van der Waals surface area contributed by atoms with Gasteiger partial charge in [0.2, 0.25) is 0 Å². The third-order valence-corrected chi connectivity index (χ3v) is 5.93. The van der Waals surface area contributed by atoms with Gasteiger partial charge in [-0.2, -0.15) is 0 Å². The maximum atomic E-state index is 8.95. The van der Waals surface area contributed by atoms with Gasteiger partial charge in [0.1, 0.15) is 17.3 Å². The number of aliphatic hydroxyl groups excluding tert-OH is 2. The summed E-state index contributed by atoms with van der Waals surface area (Å²) in [5.74, 6) is 2.98. The monoisotopic (exact) mass is 326 g/mol. The Hall–Kier alpha value is 0.560. The van der Waals surface area contributed by atoms with E-state index in [0.717, 1.165) is 11.5 Å². The van der Waals surface area contributed by atoms with E-state index in [1.807, 2.05) is 0 Å². The fourth-order valence-electron chi connectivity index (χ4n) is 2.36. The van der Waals surface area contributed by atoms with E-state index in [0.29, 0.717) is 0 Å². The highest BCUT2D eigenvalue weighted by Gasteiger charge is 2.15. The van der Waals surface area contributed by atoms with Gasteiger partial charge in [-0.05, 0) is 23.7 Å². The van der Waals surface area contributed by atoms with Crippen LogP contribution < -0.4 is 12.4 Å². The lowest BCUT2D eigenvalue weighted by Crippen LogP contribution is -3.00. The van der Waals surface area contributed by atoms with E-state index in [4.69, 9.17) is 10.2 Å². The molecule has 2 nitrogen and oxygen atoms in total. The van der Waals surface area contributed by atoms with Crippen molar-refractivity contribution in [3.05, 3.63) is 0 Å². The fourth-order valence-corrected chi connectivity index (χ4v) is 4.10. The Morgan fingerprint density at radius 2 is 1.00 bits per heavy atom. The summed E-state index contributed by atoms with van der Waals surface area (Å²) in [6.45, 7) is 2.82. The first-order chi connectivity index (χ1) is 9.35. The first kappa shape index (κ1) is 22.8. The molecule has 0 saturated heterocycles. The van der Waals surface area contributed by atoms with Crippen LogP contribution in [-0.2, 0) is 10.9 Å². The number of hydrogen-bond acceptors (Lipinski definition) is 2. The van der Waals surface area contributed by atoms with E-state index in [-0.39, 0.29) is 36.5 Å². The van der Waals surface area contributed by atoms with Crippen LogP contribution in [0.2, 0.25) is 0 Å². The summed E-state index contributed by atoms with van der Waals surface area (Å²) in [5.41, 5.74) is 0. The van der Waals surface area contributed by atoms with Crippen molar-refractivity contribution in [1.29, 1.82) is 0 Å². The van der Waals surface area contributed by atoms with Gasteiger partial charge in [0, 0.05) is 0 Å². The third-order valence-electron chi connectivity index (χ3n) is 3.55. The molecule has 0 spiro atoms. The van der Waals surface area contributed by atoms with Crippen LogP contribution in [0, 0.1) is 0 Å². The van der Waals surface area contributed by atoms with E-state index in [2.05, 4.69) is 6.92 Å². The number of unbranched alkanes of at least 4 members (excludes halogenated alkanes) is 9. The van der Waals surface area contributed by atoms with Crippen LogP contribution in [0.15, 0.2) is 0 Å². The van der Waals surface area contributed by atoms with Crippen molar-refractivity contribution in [1.82, 2.24) is 0 Å². The van der Waals surface area contributed by atoms with Crippen LogP contribution in [0.3, 0.4) is 0 Å². The maximum Gasteiger partial charge on any atom is 0.131 e. The Bertz CT molecular complexity index is 165. The maximum absolute atomic E-state index is 8.95. The number of rotatable bonds is 15. The van der Waals surface area contributed by atoms with Gasteiger partial charge in [-0.1, -0.05) is 58.3 Å². The van der Waals surface area contributed by atoms with E-state index in [9.17, 15) is 0 Å². The first-order valence-electron chi connectivity index (χ1n) is 8.21. The Balaban J connectivity index is 0. The van der Waals surface area contributed by atoms with Crippen LogP contribution >= 0.6 is 0 Å². The molecule has 2 N–H and O–H groups in total. The molecule has 0 heterocycles. The summed E-state index contributed by atoms with van der Waals surface area (Å²) in [6, 6.07) is 0. The summed E-state index contributed by atoms with van der Waals surface area (Å²) < 4.78 is 0. The van der Waals surface area contributed by atoms with Gasteiger partial charge < -0.3 is 22.6 Å². The van der Waals surface area contributed by atoms with Crippen LogP contribution in [-0.4, -0.2) is 40.7 Å². The summed E-state index contributed by atoms with van der Waals surface area (Å²) in [6.07, 6.45) is 13.8. The summed E-state index contributed by atoms with van der Waals surface area (Å²) >= 11 is 0. The molecule has 0 aliphatic heterocycles. The zero-order valence-corrected chi connectivity index (χ0v) is 14.9. The molecule has 20 heavy (non-hydrogen) atoms. The standard InChI is InChI=1S/C16H35O2S.ClH/c1-2-3-4-5-6-7-8-9-10-11-14-19(15-12-17)16-13-18;/h17-18H,2-16H2,1H3;1H/q+1;/p-1. The largest absolute Gasteiger partial charge is 1.00 e. The third kappa shape index (κ3) is 16.6. The summed E-state index contributed by atoms with van der Waals surface area (Å²) in [4.78, 5) is 0. The fraction of sp³-hybridized carbons (Fsp3) is 1.00. The predicted molar refractivity (Wildman–Crippen MR) is 88.0 cm³/mol. The molecule has 0 radical (unpaired) electrons. The van der Waals surface area contributed by atoms with Crippen molar-refractivity contribution >= 4 is 10.9 Å². The van der Waals surface area contributed by atoms with Crippen molar-refractivity contribution in [2.45, 2.75) is 71.1 Å². The van der Waals surface area contributed by atoms with Gasteiger partial charge in [-0.3, -0.25) is 0 Å². The molecule has 0 aromatic heterocycles. The second kappa shape index (κ2) is 19.6. The van der Waals surface area contributed by atoms with Crippen molar-refractivity contribution in [2.75, 3.05) is 30.5 Å². The molecule has 0 saturated carbocycles. The molecule has 0 atom stereocenters. The quantitative estimate of drug-likeness (QED) is 0.340. The number of halogens is 1. The SMILES string of the molecule is CCCCCCCCCCCC[S+](CCO)CCO.[Cl-]. The molecular weight excluding hydrogens is 292 g/mol. The highest BCUT2D eigenvalue weighted by atomic mass is 35.5. The Labute approximate surface area is 135 Å². The number of hydrogen-bond donors (Lipinski definition) is 2. The Kier molecular flexibility index (Phi) is 22.3. The second-order valence-electron chi connectivity index (χ2n) is 5.35. The molecule has 124 valence electrons. The minimum absolute atomic E-state index is 0. The minimum Gasteiger partial charge on any atom is -1.00 e. The highest BCUT2D eigenvalue weighted by Crippen LogP contribution is 2.11. The van der Waals surface area contributed by atoms with Gasteiger partial charge >= 0.3 is 0 Å². The average Bonchev–Trinajstić information content (AvgIpc) is 2.41. The molecule has 0 aliphatic rings. The molecule has 4 heteroatoms. The molecule has 0 fully saturated rings. The van der Waals surface area contributed by atoms with Crippen LogP contribution in [0.5, 0.6) is 0 Å². The molecule has 0 unspecified atom stereocenters. The second-order valence-corrected chi connectivity index (χ2v) is 7.80. The predicted octanol–water partition coefficient (Wildman–Crippen LogP) is 0.514. The van der Waals surface area contributed by atoms with E-state index < -0.39 is 0 Å². The minimum atomic E-state index is 0. The average molecular weight is 327 g/mol. The van der Waals surface area contributed by atoms with Crippen molar-refractivity contribution in [2.24, 2.45) is 0 Å². The molecule has 0 aromatic rings. The first-order valence-corrected chi connectivity index (χ1v) is 9.94. The zero-order valence-electron chi connectivity index (χ0n) is 13.3. The van der Waals surface area contributed by atoms with Gasteiger partial charge in [-0.25, -0.2) is 0 Å². The van der Waals surface area contributed by atoms with Crippen molar-refractivity contribution in [3.63, 3.8) is 0 Å². The van der Waals surface area contributed by atoms with Crippen molar-refractivity contribution < 1.29 is 22.6 Å². The highest BCUT2D eigenvalue weighted by molar-refractivity contribution is 7.96. The van der Waals surface area contributed by atoms with Gasteiger partial charge in [0.05, 0.1) is 13.2 Å². The van der Waals surface area contributed by atoms with Crippen molar-refractivity contribution in [3.8, 4) is 0 Å². The van der Waals surface area contributed by atoms with Gasteiger partial charge in [0.15, 0.2) is 0 Å². The Morgan fingerprint density at radius 1 is 0.600 bits per heavy atom. The lowest BCUT2D eigenvalue weighted by molar-refractivity contribution is -0.00000649. The molecule has 0 aliphatic carbocycles. The molecule has 0 rings (SSSR count). The van der Waals surface area contributed by atoms with Gasteiger partial charge in [0.25, 0.3) is 0 Å². The molecule has 0 amide bonds. The molecular formula is C16H35ClO2S. The Morgan fingerprint density at radius 3 is 1.40 bits per heavy atom. The van der Waals surface area contributed by atoms with Crippen LogP contribution in [0.25, 0.3) is 0 Å². The topological polar surface area (TPSA) is 40.5 Å². The smallest absolute Gasteiger partial charge is 0.131 e. The van der Waals surface area contributed by atoms with Gasteiger partial charge in [-0.15, -0.1) is 0 Å². The summed E-state index contributed by atoms with van der Waals surface area (Å²) in [7, 11) is 0.263. The lowest BCUT2D eigenvalue weighted by atomic mass is 10.1. The normalized spacial score (nSPS) is 10.8. The van der Waals surface area contributed by atoms with Crippen LogP contribution in [0.4, 0.5) is 0 Å². The van der Waals surface area contributed by atoms with Crippen LogP contribution in [0.1, 0.15) is 71.1 Å².